The van der Waals surface area contributed by atoms with Crippen LogP contribution in [-0.4, -0.2) is 21.4 Å². The number of hydrogen-bond acceptors (Lipinski definition) is 4. The Kier molecular flexibility index (Phi) is 3.16. The highest BCUT2D eigenvalue weighted by molar-refractivity contribution is 5.64. The highest BCUT2D eigenvalue weighted by Gasteiger charge is 2.13. The maximum absolute atomic E-state index is 5.44. The first-order valence-corrected chi connectivity index (χ1v) is 8.13. The first-order chi connectivity index (χ1) is 12.3. The molecule has 4 aromatic rings. The summed E-state index contributed by atoms with van der Waals surface area (Å²) in [6.45, 7) is 0.307. The van der Waals surface area contributed by atoms with Gasteiger partial charge < -0.3 is 9.47 Å². The maximum Gasteiger partial charge on any atom is 0.231 e. The van der Waals surface area contributed by atoms with E-state index in [9.17, 15) is 0 Å². The highest BCUT2D eigenvalue weighted by Crippen LogP contribution is 2.33. The lowest BCUT2D eigenvalue weighted by atomic mass is 10.0. The van der Waals surface area contributed by atoms with E-state index < -0.39 is 0 Å². The van der Waals surface area contributed by atoms with Gasteiger partial charge in [0.2, 0.25) is 6.79 Å². The van der Waals surface area contributed by atoms with Crippen LogP contribution in [0.3, 0.4) is 0 Å². The summed E-state index contributed by atoms with van der Waals surface area (Å²) in [6.07, 6.45) is 4.53. The van der Waals surface area contributed by atoms with Crippen molar-refractivity contribution in [2.24, 2.45) is 0 Å². The topological polar surface area (TPSA) is 48.7 Å². The summed E-state index contributed by atoms with van der Waals surface area (Å²) >= 11 is 0. The Bertz CT molecular complexity index is 1020. The summed E-state index contributed by atoms with van der Waals surface area (Å²) < 4.78 is 12.6. The molecule has 0 saturated heterocycles. The van der Waals surface area contributed by atoms with E-state index in [-0.39, 0.29) is 0 Å². The SMILES string of the molecule is c1cnc2cc(-c3ccc(Cc4ccc5c(c4)OCO5)cc3)nn2c1. The van der Waals surface area contributed by atoms with E-state index in [1.54, 1.807) is 10.7 Å². The lowest BCUT2D eigenvalue weighted by molar-refractivity contribution is 0.174. The van der Waals surface area contributed by atoms with Gasteiger partial charge in [-0.1, -0.05) is 30.3 Å². The normalized spacial score (nSPS) is 12.6. The van der Waals surface area contributed by atoms with Crippen molar-refractivity contribution in [3.05, 3.63) is 78.1 Å². The molecule has 0 bridgehead atoms. The van der Waals surface area contributed by atoms with Gasteiger partial charge in [0.05, 0.1) is 5.69 Å². The van der Waals surface area contributed by atoms with Crippen LogP contribution in [0.25, 0.3) is 16.9 Å². The molecule has 0 spiro atoms. The Morgan fingerprint density at radius 2 is 1.76 bits per heavy atom. The van der Waals surface area contributed by atoms with Crippen LogP contribution < -0.4 is 9.47 Å². The van der Waals surface area contributed by atoms with Gasteiger partial charge in [0.1, 0.15) is 0 Å². The summed E-state index contributed by atoms with van der Waals surface area (Å²) in [5.41, 5.74) is 5.30. The molecule has 122 valence electrons. The molecule has 5 heteroatoms. The van der Waals surface area contributed by atoms with Crippen molar-refractivity contribution in [2.45, 2.75) is 6.42 Å². The number of ether oxygens (including phenoxy) is 2. The van der Waals surface area contributed by atoms with Crippen molar-refractivity contribution in [3.63, 3.8) is 0 Å². The van der Waals surface area contributed by atoms with E-state index in [1.165, 1.54) is 11.1 Å². The second-order valence-corrected chi connectivity index (χ2v) is 6.01. The molecule has 0 radical (unpaired) electrons. The first-order valence-electron chi connectivity index (χ1n) is 8.13. The molecule has 0 saturated carbocycles. The van der Waals surface area contributed by atoms with Gasteiger partial charge >= 0.3 is 0 Å². The molecule has 0 fully saturated rings. The van der Waals surface area contributed by atoms with Crippen molar-refractivity contribution in [3.8, 4) is 22.8 Å². The molecule has 0 N–H and O–H groups in total. The predicted molar refractivity (Wildman–Crippen MR) is 93.8 cm³/mol. The van der Waals surface area contributed by atoms with E-state index in [2.05, 4.69) is 40.4 Å². The molecular weight excluding hydrogens is 314 g/mol. The molecule has 2 aromatic heterocycles. The minimum atomic E-state index is 0.307. The fourth-order valence-electron chi connectivity index (χ4n) is 3.05. The lowest BCUT2D eigenvalue weighted by Crippen LogP contribution is -1.93. The summed E-state index contributed by atoms with van der Waals surface area (Å²) in [5, 5.41) is 4.56. The second-order valence-electron chi connectivity index (χ2n) is 6.01. The Morgan fingerprint density at radius 3 is 2.64 bits per heavy atom. The van der Waals surface area contributed by atoms with Crippen LogP contribution in [0.2, 0.25) is 0 Å². The van der Waals surface area contributed by atoms with Gasteiger partial charge in [0.15, 0.2) is 17.1 Å². The summed E-state index contributed by atoms with van der Waals surface area (Å²) in [5.74, 6) is 1.64. The van der Waals surface area contributed by atoms with Crippen molar-refractivity contribution >= 4 is 5.65 Å². The Morgan fingerprint density at radius 1 is 0.920 bits per heavy atom. The Labute approximate surface area is 144 Å². The third-order valence-corrected chi connectivity index (χ3v) is 4.33. The smallest absolute Gasteiger partial charge is 0.231 e. The molecule has 5 nitrogen and oxygen atoms in total. The average molecular weight is 329 g/mol. The predicted octanol–water partition coefficient (Wildman–Crippen LogP) is 3.72. The lowest BCUT2D eigenvalue weighted by Gasteiger charge is -2.05. The summed E-state index contributed by atoms with van der Waals surface area (Å²) in [6, 6.07) is 18.4. The Hall–Kier alpha value is -3.34. The average Bonchev–Trinajstić information content (AvgIpc) is 3.28. The molecule has 0 unspecified atom stereocenters. The third kappa shape index (κ3) is 2.59. The largest absolute Gasteiger partial charge is 0.454 e. The molecule has 0 amide bonds. The van der Waals surface area contributed by atoms with Gasteiger partial charge in [-0.2, -0.15) is 5.10 Å². The molecule has 3 heterocycles. The van der Waals surface area contributed by atoms with Gasteiger partial charge in [-0.25, -0.2) is 9.50 Å². The zero-order chi connectivity index (χ0) is 16.6. The van der Waals surface area contributed by atoms with Crippen LogP contribution in [-0.2, 0) is 6.42 Å². The summed E-state index contributed by atoms with van der Waals surface area (Å²) in [7, 11) is 0. The number of nitrogens with zero attached hydrogens (tertiary/aromatic N) is 3. The van der Waals surface area contributed by atoms with Crippen LogP contribution in [0, 0.1) is 0 Å². The molecule has 1 aliphatic rings. The number of benzene rings is 2. The van der Waals surface area contributed by atoms with Crippen molar-refractivity contribution in [1.82, 2.24) is 14.6 Å². The van der Waals surface area contributed by atoms with E-state index in [4.69, 9.17) is 9.47 Å². The van der Waals surface area contributed by atoms with Crippen molar-refractivity contribution in [2.75, 3.05) is 6.79 Å². The third-order valence-electron chi connectivity index (χ3n) is 4.33. The number of fused-ring (bicyclic) bond motifs is 2. The summed E-state index contributed by atoms with van der Waals surface area (Å²) in [4.78, 5) is 4.31. The van der Waals surface area contributed by atoms with E-state index in [0.29, 0.717) is 6.79 Å². The van der Waals surface area contributed by atoms with Crippen LogP contribution in [0.1, 0.15) is 11.1 Å². The van der Waals surface area contributed by atoms with Crippen LogP contribution in [0.4, 0.5) is 0 Å². The fourth-order valence-corrected chi connectivity index (χ4v) is 3.05. The van der Waals surface area contributed by atoms with Crippen LogP contribution >= 0.6 is 0 Å². The standard InChI is InChI=1S/C20H15N3O2/c1-8-21-20-12-17(22-23(20)9-1)16-5-2-14(3-6-16)10-15-4-7-18-19(11-15)25-13-24-18/h1-9,11-12H,10,13H2. The maximum atomic E-state index is 5.44. The van der Waals surface area contributed by atoms with Gasteiger partial charge in [0, 0.05) is 24.0 Å². The molecule has 0 atom stereocenters. The zero-order valence-electron chi connectivity index (χ0n) is 13.4. The van der Waals surface area contributed by atoms with Gasteiger partial charge in [0.25, 0.3) is 0 Å². The van der Waals surface area contributed by atoms with Crippen molar-refractivity contribution < 1.29 is 9.47 Å². The molecular formula is C20H15N3O2. The number of aromatic nitrogens is 3. The zero-order valence-corrected chi connectivity index (χ0v) is 13.4. The van der Waals surface area contributed by atoms with Gasteiger partial charge in [-0.15, -0.1) is 0 Å². The molecule has 5 rings (SSSR count). The minimum absolute atomic E-state index is 0.307. The molecule has 0 aliphatic carbocycles. The fraction of sp³-hybridized carbons (Fsp3) is 0.100. The minimum Gasteiger partial charge on any atom is -0.454 e. The molecule has 25 heavy (non-hydrogen) atoms. The van der Waals surface area contributed by atoms with Crippen LogP contribution in [0.5, 0.6) is 11.5 Å². The number of rotatable bonds is 3. The quantitative estimate of drug-likeness (QED) is 0.575. The van der Waals surface area contributed by atoms with Gasteiger partial charge in [-0.05, 0) is 35.7 Å². The number of hydrogen-bond donors (Lipinski definition) is 0. The monoisotopic (exact) mass is 329 g/mol. The molecule has 1 aliphatic heterocycles. The van der Waals surface area contributed by atoms with E-state index >= 15 is 0 Å². The first kappa shape index (κ1) is 14.0. The van der Waals surface area contributed by atoms with E-state index in [1.807, 2.05) is 30.5 Å². The molecule has 2 aromatic carbocycles. The van der Waals surface area contributed by atoms with Crippen LogP contribution in [0.15, 0.2) is 67.0 Å². The van der Waals surface area contributed by atoms with Crippen molar-refractivity contribution in [1.29, 1.82) is 0 Å². The second kappa shape index (κ2) is 5.63. The van der Waals surface area contributed by atoms with Gasteiger partial charge in [-0.3, -0.25) is 0 Å². The van der Waals surface area contributed by atoms with E-state index in [0.717, 1.165) is 34.8 Å². The Balaban J connectivity index is 1.39. The highest BCUT2D eigenvalue weighted by atomic mass is 16.7.